The molecular weight excluding hydrogens is 376 g/mol. The van der Waals surface area contributed by atoms with Gasteiger partial charge in [-0.3, -0.25) is 4.99 Å². The van der Waals surface area contributed by atoms with Crippen molar-refractivity contribution in [3.05, 3.63) is 54.1 Å². The summed E-state index contributed by atoms with van der Waals surface area (Å²) in [4.78, 5) is 13.1. The minimum atomic E-state index is -0.790. The number of aryl methyl sites for hydroxylation is 1. The molecule has 2 N–H and O–H groups in total. The summed E-state index contributed by atoms with van der Waals surface area (Å²) < 4.78 is 1.99. The van der Waals surface area contributed by atoms with E-state index in [-0.39, 0.29) is 12.0 Å². The fourth-order valence-electron chi connectivity index (χ4n) is 5.70. The predicted molar refractivity (Wildman–Crippen MR) is 115 cm³/mol. The van der Waals surface area contributed by atoms with Crippen molar-refractivity contribution in [2.24, 2.45) is 22.7 Å². The quantitative estimate of drug-likeness (QED) is 0.701. The molecule has 2 fully saturated rings. The number of aliphatic hydroxyl groups is 2. The smallest absolute Gasteiger partial charge is 0.143 e. The maximum absolute atomic E-state index is 10.7. The topological polar surface area (TPSA) is 83.5 Å². The summed E-state index contributed by atoms with van der Waals surface area (Å²) >= 11 is 0. The lowest BCUT2D eigenvalue weighted by molar-refractivity contribution is 0.00545. The van der Waals surface area contributed by atoms with Gasteiger partial charge in [0.2, 0.25) is 0 Å². The second-order valence-electron chi connectivity index (χ2n) is 9.24. The second kappa shape index (κ2) is 6.72. The molecule has 0 radical (unpaired) electrons. The standard InChI is InChI=1S/C24H26N4O2/c1-13-18-11-26-19-8-14(3-5-17(19)21(13)18)2-4-15-9-20(23(30)22(15)29)28-7-6-16-10-25-12-27-24(16)28/h3,5-8,10-13,15,18,20-23,29-30H,2,4,9H2,1H3/t13-,15+,18+,20-,21+,22-,23+/m1/s1. The monoisotopic (exact) mass is 402 g/mol. The van der Waals surface area contributed by atoms with E-state index in [0.29, 0.717) is 17.8 Å². The molecule has 1 aliphatic heterocycles. The van der Waals surface area contributed by atoms with Gasteiger partial charge in [0.25, 0.3) is 0 Å². The van der Waals surface area contributed by atoms with Crippen LogP contribution >= 0.6 is 0 Å². The van der Waals surface area contributed by atoms with Crippen LogP contribution in [0.3, 0.4) is 0 Å². The normalized spacial score (nSPS) is 34.2. The average molecular weight is 402 g/mol. The van der Waals surface area contributed by atoms with Crippen LogP contribution in [-0.2, 0) is 6.42 Å². The molecule has 0 saturated heterocycles. The summed E-state index contributed by atoms with van der Waals surface area (Å²) in [6.07, 6.45) is 8.30. The number of fused-ring (bicyclic) bond motifs is 4. The van der Waals surface area contributed by atoms with Gasteiger partial charge in [-0.25, -0.2) is 9.97 Å². The summed E-state index contributed by atoms with van der Waals surface area (Å²) in [5.41, 5.74) is 4.56. The van der Waals surface area contributed by atoms with Crippen LogP contribution in [0, 0.1) is 17.8 Å². The first-order valence-corrected chi connectivity index (χ1v) is 10.9. The van der Waals surface area contributed by atoms with Gasteiger partial charge in [-0.15, -0.1) is 0 Å². The molecule has 3 heterocycles. The molecule has 7 atom stereocenters. The van der Waals surface area contributed by atoms with Crippen LogP contribution in [0.1, 0.15) is 42.9 Å². The van der Waals surface area contributed by atoms with Crippen molar-refractivity contribution in [2.45, 2.75) is 50.4 Å². The van der Waals surface area contributed by atoms with E-state index >= 15 is 0 Å². The van der Waals surface area contributed by atoms with Crippen LogP contribution in [0.25, 0.3) is 11.0 Å². The molecule has 0 amide bonds. The number of nitrogens with zero attached hydrogens (tertiary/aromatic N) is 4. The van der Waals surface area contributed by atoms with Crippen molar-refractivity contribution in [1.82, 2.24) is 14.5 Å². The summed E-state index contributed by atoms with van der Waals surface area (Å²) in [5.74, 6) is 2.05. The Morgan fingerprint density at radius 2 is 2.07 bits per heavy atom. The lowest BCUT2D eigenvalue weighted by atomic mass is 9.94. The van der Waals surface area contributed by atoms with Crippen LogP contribution in [0.15, 0.2) is 48.0 Å². The Balaban J connectivity index is 1.17. The van der Waals surface area contributed by atoms with Gasteiger partial charge in [0.1, 0.15) is 18.1 Å². The highest BCUT2D eigenvalue weighted by Gasteiger charge is 2.49. The van der Waals surface area contributed by atoms with Crippen molar-refractivity contribution in [3.8, 4) is 0 Å². The molecule has 6 rings (SSSR count). The molecule has 3 aliphatic rings. The summed E-state index contributed by atoms with van der Waals surface area (Å²) in [6, 6.07) is 8.46. The Kier molecular flexibility index (Phi) is 4.08. The highest BCUT2D eigenvalue weighted by molar-refractivity contribution is 5.78. The molecule has 2 aromatic heterocycles. The van der Waals surface area contributed by atoms with Crippen molar-refractivity contribution in [2.75, 3.05) is 0 Å². The van der Waals surface area contributed by atoms with E-state index in [9.17, 15) is 10.2 Å². The molecule has 154 valence electrons. The zero-order valence-electron chi connectivity index (χ0n) is 17.0. The Morgan fingerprint density at radius 3 is 2.97 bits per heavy atom. The summed E-state index contributed by atoms with van der Waals surface area (Å²) in [5, 5.41) is 22.4. The predicted octanol–water partition coefficient (Wildman–Crippen LogP) is 3.41. The number of benzene rings is 1. The third-order valence-electron chi connectivity index (χ3n) is 7.60. The maximum Gasteiger partial charge on any atom is 0.143 e. The summed E-state index contributed by atoms with van der Waals surface area (Å²) in [6.45, 7) is 2.30. The number of hydrogen-bond acceptors (Lipinski definition) is 5. The number of aromatic nitrogens is 3. The fourth-order valence-corrected chi connectivity index (χ4v) is 5.70. The highest BCUT2D eigenvalue weighted by Crippen LogP contribution is 2.57. The molecule has 6 nitrogen and oxygen atoms in total. The molecule has 3 aromatic rings. The lowest BCUT2D eigenvalue weighted by Gasteiger charge is -2.19. The molecule has 0 bridgehead atoms. The van der Waals surface area contributed by atoms with Gasteiger partial charge in [0, 0.05) is 29.9 Å². The molecule has 1 aromatic carbocycles. The summed E-state index contributed by atoms with van der Waals surface area (Å²) in [7, 11) is 0. The Labute approximate surface area is 175 Å². The first-order valence-electron chi connectivity index (χ1n) is 10.9. The van der Waals surface area contributed by atoms with Gasteiger partial charge in [0.15, 0.2) is 0 Å². The Morgan fingerprint density at radius 1 is 1.17 bits per heavy atom. The molecule has 2 aliphatic carbocycles. The maximum atomic E-state index is 10.7. The fraction of sp³-hybridized carbons (Fsp3) is 0.458. The van der Waals surface area contributed by atoms with Gasteiger partial charge in [-0.05, 0) is 60.3 Å². The van der Waals surface area contributed by atoms with E-state index in [2.05, 4.69) is 46.3 Å². The molecule has 30 heavy (non-hydrogen) atoms. The molecule has 6 heteroatoms. The molecular formula is C24H26N4O2. The molecule has 0 spiro atoms. The zero-order valence-corrected chi connectivity index (χ0v) is 17.0. The lowest BCUT2D eigenvalue weighted by Crippen LogP contribution is -2.29. The van der Waals surface area contributed by atoms with Crippen molar-refractivity contribution >= 4 is 22.9 Å². The third-order valence-corrected chi connectivity index (χ3v) is 7.60. The van der Waals surface area contributed by atoms with E-state index in [1.807, 2.05) is 16.8 Å². The van der Waals surface area contributed by atoms with Crippen molar-refractivity contribution in [3.63, 3.8) is 0 Å². The van der Waals surface area contributed by atoms with Gasteiger partial charge in [-0.1, -0.05) is 19.1 Å². The zero-order chi connectivity index (χ0) is 20.4. The van der Waals surface area contributed by atoms with Gasteiger partial charge >= 0.3 is 0 Å². The average Bonchev–Trinajstić information content (AvgIpc) is 3.11. The SMILES string of the molecule is C[C@@H]1[C@@H]2C=Nc3cc(CC[C@H]4C[C@@H](n5ccc6cncnc65)[C@H](O)[C@@H]4O)ccc3[C@H]12. The van der Waals surface area contributed by atoms with E-state index in [1.165, 1.54) is 17.5 Å². The molecule has 2 saturated carbocycles. The highest BCUT2D eigenvalue weighted by atomic mass is 16.3. The number of rotatable bonds is 4. The first kappa shape index (κ1) is 18.2. The second-order valence-corrected chi connectivity index (χ2v) is 9.24. The van der Waals surface area contributed by atoms with E-state index in [0.717, 1.165) is 36.0 Å². The van der Waals surface area contributed by atoms with E-state index in [1.54, 1.807) is 6.20 Å². The van der Waals surface area contributed by atoms with Crippen LogP contribution < -0.4 is 0 Å². The Hall–Kier alpha value is -2.57. The number of hydrogen-bond donors (Lipinski definition) is 2. The minimum absolute atomic E-state index is 0.0525. The van der Waals surface area contributed by atoms with Gasteiger partial charge in [0.05, 0.1) is 17.8 Å². The van der Waals surface area contributed by atoms with E-state index in [4.69, 9.17) is 0 Å². The minimum Gasteiger partial charge on any atom is -0.390 e. The van der Waals surface area contributed by atoms with Crippen molar-refractivity contribution < 1.29 is 10.2 Å². The van der Waals surface area contributed by atoms with Crippen LogP contribution in [0.5, 0.6) is 0 Å². The number of aliphatic hydroxyl groups excluding tert-OH is 2. The Bertz CT molecular complexity index is 1140. The van der Waals surface area contributed by atoms with Crippen molar-refractivity contribution in [1.29, 1.82) is 0 Å². The van der Waals surface area contributed by atoms with E-state index < -0.39 is 12.2 Å². The largest absolute Gasteiger partial charge is 0.390 e. The van der Waals surface area contributed by atoms with Crippen LogP contribution in [0.2, 0.25) is 0 Å². The van der Waals surface area contributed by atoms with Crippen LogP contribution in [-0.4, -0.2) is 43.2 Å². The number of aliphatic imine (C=N–C) groups is 1. The molecule has 0 unspecified atom stereocenters. The van der Waals surface area contributed by atoms with Gasteiger partial charge in [-0.2, -0.15) is 0 Å². The van der Waals surface area contributed by atoms with Gasteiger partial charge < -0.3 is 14.8 Å². The first-order chi connectivity index (χ1) is 14.6. The van der Waals surface area contributed by atoms with Crippen LogP contribution in [0.4, 0.5) is 5.69 Å². The third kappa shape index (κ3) is 2.74.